The minimum absolute atomic E-state index is 0.152. The van der Waals surface area contributed by atoms with E-state index >= 15 is 0 Å². The van der Waals surface area contributed by atoms with Crippen LogP contribution in [0.25, 0.3) is 0 Å². The molecule has 2 fully saturated rings. The number of carbonyl (C=O) groups is 1. The first-order chi connectivity index (χ1) is 15.8. The summed E-state index contributed by atoms with van der Waals surface area (Å²) in [6, 6.07) is 17.0. The van der Waals surface area contributed by atoms with E-state index in [1.54, 1.807) is 0 Å². The molecular formula is C24H27ClF3N3O2. The van der Waals surface area contributed by atoms with Crippen LogP contribution in [0.1, 0.15) is 18.4 Å². The SMILES string of the molecule is O=C(O[C@H]1CN(c2ccccc2)C[C@@H]1NC1CCN(Cc2ccc(Cl)cc2)CC1)C(F)(F)F. The Morgan fingerprint density at radius 3 is 2.33 bits per heavy atom. The number of alkyl halides is 3. The Bertz CT molecular complexity index is 919. The topological polar surface area (TPSA) is 44.8 Å². The molecule has 0 spiro atoms. The molecule has 0 unspecified atom stereocenters. The number of likely N-dealkylation sites (tertiary alicyclic amines) is 1. The van der Waals surface area contributed by atoms with Crippen LogP contribution in [-0.2, 0) is 16.1 Å². The van der Waals surface area contributed by atoms with Crippen molar-refractivity contribution < 1.29 is 22.7 Å². The number of hydrogen-bond donors (Lipinski definition) is 1. The summed E-state index contributed by atoms with van der Waals surface area (Å²) in [4.78, 5) is 15.8. The van der Waals surface area contributed by atoms with Crippen molar-refractivity contribution in [2.45, 2.75) is 43.8 Å². The molecule has 9 heteroatoms. The zero-order valence-corrected chi connectivity index (χ0v) is 18.9. The van der Waals surface area contributed by atoms with Crippen molar-refractivity contribution >= 4 is 23.3 Å². The predicted molar refractivity (Wildman–Crippen MR) is 121 cm³/mol. The van der Waals surface area contributed by atoms with Gasteiger partial charge in [-0.15, -0.1) is 0 Å². The van der Waals surface area contributed by atoms with Crippen LogP contribution < -0.4 is 10.2 Å². The highest BCUT2D eigenvalue weighted by atomic mass is 35.5. The lowest BCUT2D eigenvalue weighted by atomic mass is 10.0. The van der Waals surface area contributed by atoms with Crippen LogP contribution in [-0.4, -0.2) is 61.4 Å². The van der Waals surface area contributed by atoms with Crippen LogP contribution in [0.4, 0.5) is 18.9 Å². The largest absolute Gasteiger partial charge is 0.490 e. The number of rotatable bonds is 6. The third-order valence-corrected chi connectivity index (χ3v) is 6.49. The van der Waals surface area contributed by atoms with E-state index in [0.29, 0.717) is 11.6 Å². The fourth-order valence-corrected chi connectivity index (χ4v) is 4.64. The first-order valence-electron chi connectivity index (χ1n) is 11.1. The average molecular weight is 482 g/mol. The number of hydrogen-bond acceptors (Lipinski definition) is 5. The highest BCUT2D eigenvalue weighted by molar-refractivity contribution is 6.30. The predicted octanol–water partition coefficient (Wildman–Crippen LogP) is 4.26. The summed E-state index contributed by atoms with van der Waals surface area (Å²) in [5.41, 5.74) is 2.09. The Morgan fingerprint density at radius 1 is 1.03 bits per heavy atom. The summed E-state index contributed by atoms with van der Waals surface area (Å²) in [6.07, 6.45) is -4.13. The Hall–Kier alpha value is -2.29. The molecule has 2 aliphatic rings. The monoisotopic (exact) mass is 481 g/mol. The molecule has 1 N–H and O–H groups in total. The summed E-state index contributed by atoms with van der Waals surface area (Å²) in [5.74, 6) is -2.13. The van der Waals surface area contributed by atoms with Gasteiger partial charge < -0.3 is 15.0 Å². The van der Waals surface area contributed by atoms with Crippen molar-refractivity contribution in [2.75, 3.05) is 31.1 Å². The number of esters is 1. The molecular weight excluding hydrogens is 455 g/mol. The summed E-state index contributed by atoms with van der Waals surface area (Å²) >= 11 is 5.95. The van der Waals surface area contributed by atoms with Gasteiger partial charge in [-0.05, 0) is 55.8 Å². The molecule has 2 heterocycles. The fourth-order valence-electron chi connectivity index (χ4n) is 4.52. The zero-order chi connectivity index (χ0) is 23.4. The van der Waals surface area contributed by atoms with Gasteiger partial charge in [0.15, 0.2) is 0 Å². The number of halogens is 4. The molecule has 0 bridgehead atoms. The maximum atomic E-state index is 12.8. The second-order valence-electron chi connectivity index (χ2n) is 8.63. The van der Waals surface area contributed by atoms with Gasteiger partial charge in [-0.3, -0.25) is 4.90 Å². The van der Waals surface area contributed by atoms with Gasteiger partial charge in [-0.1, -0.05) is 41.9 Å². The molecule has 0 aromatic heterocycles. The number of nitrogens with zero attached hydrogens (tertiary/aromatic N) is 2. The van der Waals surface area contributed by atoms with Crippen LogP contribution in [0.3, 0.4) is 0 Å². The number of para-hydroxylation sites is 1. The number of anilines is 1. The van der Waals surface area contributed by atoms with Crippen LogP contribution in [0.5, 0.6) is 0 Å². The molecule has 2 aromatic carbocycles. The second kappa shape index (κ2) is 10.3. The van der Waals surface area contributed by atoms with Crippen molar-refractivity contribution in [1.29, 1.82) is 0 Å². The fraction of sp³-hybridized carbons (Fsp3) is 0.458. The van der Waals surface area contributed by atoms with E-state index in [1.165, 1.54) is 5.56 Å². The lowest BCUT2D eigenvalue weighted by Crippen LogP contribution is -2.51. The average Bonchev–Trinajstić information content (AvgIpc) is 3.19. The van der Waals surface area contributed by atoms with Crippen molar-refractivity contribution in [2.24, 2.45) is 0 Å². The van der Waals surface area contributed by atoms with E-state index in [2.05, 4.69) is 10.2 Å². The van der Waals surface area contributed by atoms with Crippen molar-refractivity contribution in [3.8, 4) is 0 Å². The molecule has 5 nitrogen and oxygen atoms in total. The Balaban J connectivity index is 1.35. The van der Waals surface area contributed by atoms with E-state index in [0.717, 1.165) is 38.2 Å². The molecule has 0 amide bonds. The lowest BCUT2D eigenvalue weighted by Gasteiger charge is -2.34. The molecule has 0 radical (unpaired) electrons. The Labute approximate surface area is 196 Å². The van der Waals surface area contributed by atoms with Crippen molar-refractivity contribution in [1.82, 2.24) is 10.2 Å². The number of piperidine rings is 1. The Kier molecular flexibility index (Phi) is 7.46. The van der Waals surface area contributed by atoms with Gasteiger partial charge in [0.1, 0.15) is 6.10 Å². The second-order valence-corrected chi connectivity index (χ2v) is 9.07. The first-order valence-corrected chi connectivity index (χ1v) is 11.5. The van der Waals surface area contributed by atoms with E-state index in [1.807, 2.05) is 59.5 Å². The number of carbonyl (C=O) groups excluding carboxylic acids is 1. The van der Waals surface area contributed by atoms with E-state index in [9.17, 15) is 18.0 Å². The third kappa shape index (κ3) is 6.40. The third-order valence-electron chi connectivity index (χ3n) is 6.23. The molecule has 33 heavy (non-hydrogen) atoms. The smallest absolute Gasteiger partial charge is 0.452 e. The van der Waals surface area contributed by atoms with Gasteiger partial charge in [0.25, 0.3) is 0 Å². The number of ether oxygens (including phenoxy) is 1. The quantitative estimate of drug-likeness (QED) is 0.625. The molecule has 2 aliphatic heterocycles. The lowest BCUT2D eigenvalue weighted by molar-refractivity contribution is -0.204. The van der Waals surface area contributed by atoms with Crippen LogP contribution in [0.15, 0.2) is 54.6 Å². The maximum absolute atomic E-state index is 12.8. The number of nitrogens with one attached hydrogen (secondary N) is 1. The molecule has 178 valence electrons. The van der Waals surface area contributed by atoms with Crippen LogP contribution in [0, 0.1) is 0 Å². The van der Waals surface area contributed by atoms with Gasteiger partial charge >= 0.3 is 12.1 Å². The highest BCUT2D eigenvalue weighted by Gasteiger charge is 2.45. The molecule has 0 aliphatic carbocycles. The van der Waals surface area contributed by atoms with Crippen LogP contribution in [0.2, 0.25) is 5.02 Å². The van der Waals surface area contributed by atoms with E-state index < -0.39 is 18.2 Å². The molecule has 2 aromatic rings. The van der Waals surface area contributed by atoms with E-state index in [4.69, 9.17) is 16.3 Å². The van der Waals surface area contributed by atoms with Crippen LogP contribution >= 0.6 is 11.6 Å². The standard InChI is InChI=1S/C24H27ClF3N3O2/c25-18-8-6-17(7-9-18)14-30-12-10-19(11-13-30)29-21-15-31(20-4-2-1-3-5-20)16-22(21)33-23(32)24(26,27)28/h1-9,19,21-22,29H,10-16H2/t21-,22-/m0/s1. The van der Waals surface area contributed by atoms with Crippen molar-refractivity contribution in [3.05, 3.63) is 65.2 Å². The molecule has 0 saturated carbocycles. The molecule has 2 atom stereocenters. The molecule has 4 rings (SSSR count). The summed E-state index contributed by atoms with van der Waals surface area (Å²) in [7, 11) is 0. The van der Waals surface area contributed by atoms with E-state index in [-0.39, 0.29) is 18.6 Å². The highest BCUT2D eigenvalue weighted by Crippen LogP contribution is 2.26. The maximum Gasteiger partial charge on any atom is 0.490 e. The number of benzene rings is 2. The minimum Gasteiger partial charge on any atom is -0.452 e. The summed E-state index contributed by atoms with van der Waals surface area (Å²) in [5, 5.41) is 4.20. The zero-order valence-electron chi connectivity index (χ0n) is 18.1. The van der Waals surface area contributed by atoms with Gasteiger partial charge in [0.05, 0.1) is 12.6 Å². The summed E-state index contributed by atoms with van der Waals surface area (Å²) in [6.45, 7) is 3.29. The van der Waals surface area contributed by atoms with Gasteiger partial charge in [-0.2, -0.15) is 13.2 Å². The first kappa shape index (κ1) is 23.9. The Morgan fingerprint density at radius 2 is 1.70 bits per heavy atom. The minimum atomic E-state index is -5.00. The van der Waals surface area contributed by atoms with Gasteiger partial charge in [0, 0.05) is 29.8 Å². The summed E-state index contributed by atoms with van der Waals surface area (Å²) < 4.78 is 43.4. The molecule has 2 saturated heterocycles. The van der Waals surface area contributed by atoms with Gasteiger partial charge in [0.2, 0.25) is 0 Å². The van der Waals surface area contributed by atoms with Crippen molar-refractivity contribution in [3.63, 3.8) is 0 Å². The normalized spacial score (nSPS) is 22.5. The van der Waals surface area contributed by atoms with Gasteiger partial charge in [-0.25, -0.2) is 4.79 Å².